The Morgan fingerprint density at radius 1 is 0.314 bits per heavy atom. The Morgan fingerprint density at radius 2 is 0.629 bits per heavy atom. The molecule has 0 aromatic heterocycles. The summed E-state index contributed by atoms with van der Waals surface area (Å²) in [6.45, 7) is 6.42. The number of carbonyl (C=O) groups is 3. The van der Waals surface area contributed by atoms with Gasteiger partial charge < -0.3 is 14.2 Å². The number of unbranched alkanes of at least 4 members (excludes halogenated alkanes) is 23. The summed E-state index contributed by atoms with van der Waals surface area (Å²) in [6, 6.07) is 0. The van der Waals surface area contributed by atoms with E-state index in [0.717, 1.165) is 89.9 Å². The molecule has 0 rings (SSSR count). The van der Waals surface area contributed by atoms with E-state index in [9.17, 15) is 14.4 Å². The molecular formula is C64H106O6. The predicted octanol–water partition coefficient (Wildman–Crippen LogP) is 19.5. The largest absolute Gasteiger partial charge is 0.462 e. The monoisotopic (exact) mass is 971 g/mol. The fourth-order valence-corrected chi connectivity index (χ4v) is 7.69. The minimum Gasteiger partial charge on any atom is -0.462 e. The average molecular weight is 972 g/mol. The number of esters is 3. The third-order valence-electron chi connectivity index (χ3n) is 12.0. The van der Waals surface area contributed by atoms with Crippen molar-refractivity contribution >= 4 is 17.9 Å². The smallest absolute Gasteiger partial charge is 0.306 e. The van der Waals surface area contributed by atoms with Gasteiger partial charge in [-0.15, -0.1) is 0 Å². The van der Waals surface area contributed by atoms with Gasteiger partial charge in [0.25, 0.3) is 0 Å². The van der Waals surface area contributed by atoms with Crippen LogP contribution in [0.4, 0.5) is 0 Å². The van der Waals surface area contributed by atoms with E-state index in [1.165, 1.54) is 122 Å². The van der Waals surface area contributed by atoms with Gasteiger partial charge in [0.1, 0.15) is 13.2 Å². The molecule has 0 fully saturated rings. The normalized spacial score (nSPS) is 12.9. The third-order valence-corrected chi connectivity index (χ3v) is 12.0. The molecule has 0 aromatic carbocycles. The lowest BCUT2D eigenvalue weighted by Gasteiger charge is -2.18. The van der Waals surface area contributed by atoms with Crippen LogP contribution < -0.4 is 0 Å². The predicted molar refractivity (Wildman–Crippen MR) is 302 cm³/mol. The quantitative estimate of drug-likeness (QED) is 0.0199. The van der Waals surface area contributed by atoms with Crippen LogP contribution in [-0.4, -0.2) is 37.2 Å². The first-order valence-corrected chi connectivity index (χ1v) is 28.9. The number of allylic oxidation sites excluding steroid dienone is 18. The molecule has 6 nitrogen and oxygen atoms in total. The molecule has 0 saturated heterocycles. The number of hydrogen-bond acceptors (Lipinski definition) is 6. The zero-order valence-corrected chi connectivity index (χ0v) is 45.5. The molecular weight excluding hydrogens is 865 g/mol. The second-order valence-electron chi connectivity index (χ2n) is 18.8. The maximum absolute atomic E-state index is 12.9. The first kappa shape index (κ1) is 66.1. The van der Waals surface area contributed by atoms with E-state index >= 15 is 0 Å². The maximum atomic E-state index is 12.9. The third kappa shape index (κ3) is 55.0. The van der Waals surface area contributed by atoms with E-state index < -0.39 is 6.10 Å². The number of rotatable bonds is 51. The van der Waals surface area contributed by atoms with Gasteiger partial charge in [0.05, 0.1) is 0 Å². The SMILES string of the molecule is CC/C=C\C/C=C\C/C=C\C/C=C\C/C=C\C/C=C\CCC(=O)OCC(COC(=O)CCCCC/C=C\CCCCCCCCC)OC(=O)CCCCCCCCCCCC/C=C\C=C/CCCCC. The highest BCUT2D eigenvalue weighted by Crippen LogP contribution is 2.14. The minimum atomic E-state index is -0.819. The summed E-state index contributed by atoms with van der Waals surface area (Å²) in [4.78, 5) is 38.1. The Bertz CT molecular complexity index is 1440. The van der Waals surface area contributed by atoms with Crippen molar-refractivity contribution in [2.75, 3.05) is 13.2 Å². The first-order valence-electron chi connectivity index (χ1n) is 28.9. The van der Waals surface area contributed by atoms with Crippen molar-refractivity contribution < 1.29 is 28.6 Å². The Hall–Kier alpha value is -3.93. The van der Waals surface area contributed by atoms with Crippen LogP contribution in [0.15, 0.2) is 109 Å². The van der Waals surface area contributed by atoms with Crippen LogP contribution in [-0.2, 0) is 28.6 Å². The van der Waals surface area contributed by atoms with Gasteiger partial charge in [0.15, 0.2) is 6.10 Å². The number of carbonyl (C=O) groups excluding carboxylic acids is 3. The van der Waals surface area contributed by atoms with Gasteiger partial charge in [-0.25, -0.2) is 0 Å². The fraction of sp³-hybridized carbons (Fsp3) is 0.672. The van der Waals surface area contributed by atoms with Crippen molar-refractivity contribution in [3.63, 3.8) is 0 Å². The van der Waals surface area contributed by atoms with E-state index in [-0.39, 0.29) is 37.5 Å². The molecule has 0 spiro atoms. The lowest BCUT2D eigenvalue weighted by Crippen LogP contribution is -2.30. The molecule has 0 aromatic rings. The summed E-state index contributed by atoms with van der Waals surface area (Å²) >= 11 is 0. The second kappa shape index (κ2) is 57.6. The number of hydrogen-bond donors (Lipinski definition) is 0. The summed E-state index contributed by atoms with van der Waals surface area (Å²) in [5, 5.41) is 0. The average Bonchev–Trinajstić information content (AvgIpc) is 3.36. The molecule has 1 unspecified atom stereocenters. The molecule has 0 radical (unpaired) electrons. The van der Waals surface area contributed by atoms with E-state index in [2.05, 4.69) is 124 Å². The standard InChI is InChI=1S/C64H106O6/c1-4-7-10-13-16-19-22-25-28-30-32-34-36-39-42-45-48-51-54-57-63(66)69-60-61(59-68-62(65)56-53-50-47-44-41-38-27-24-21-18-15-12-9-6-3)70-64(67)58-55-52-49-46-43-40-37-35-33-31-29-26-23-20-17-14-11-8-5-2/h7,10,16-17,19-20,23,25-26,28,32,34,38-39,41-42,48,51,61H,4-6,8-9,11-15,18,21-22,24,27,29-31,33,35-37,40,43-47,49-50,52-60H2,1-3H3/b10-7-,19-16-,20-17-,26-23-,28-25-,34-32-,41-38-,42-39-,51-48-. The molecule has 398 valence electrons. The van der Waals surface area contributed by atoms with Crippen molar-refractivity contribution in [2.24, 2.45) is 0 Å². The van der Waals surface area contributed by atoms with Crippen LogP contribution >= 0.6 is 0 Å². The highest BCUT2D eigenvalue weighted by Gasteiger charge is 2.19. The van der Waals surface area contributed by atoms with E-state index in [1.54, 1.807) is 0 Å². The molecule has 0 aliphatic carbocycles. The Balaban J connectivity index is 4.51. The van der Waals surface area contributed by atoms with Gasteiger partial charge in [-0.1, -0.05) is 239 Å². The summed E-state index contributed by atoms with van der Waals surface area (Å²) in [5.74, 6) is -1.02. The summed E-state index contributed by atoms with van der Waals surface area (Å²) < 4.78 is 16.8. The molecule has 70 heavy (non-hydrogen) atoms. The first-order chi connectivity index (χ1) is 34.5. The minimum absolute atomic E-state index is 0.112. The highest BCUT2D eigenvalue weighted by atomic mass is 16.6. The lowest BCUT2D eigenvalue weighted by molar-refractivity contribution is -0.166. The second-order valence-corrected chi connectivity index (χ2v) is 18.8. The van der Waals surface area contributed by atoms with Gasteiger partial charge in [0.2, 0.25) is 0 Å². The lowest BCUT2D eigenvalue weighted by atomic mass is 10.1. The molecule has 0 N–H and O–H groups in total. The molecule has 0 heterocycles. The van der Waals surface area contributed by atoms with E-state index in [0.29, 0.717) is 19.3 Å². The zero-order valence-electron chi connectivity index (χ0n) is 45.5. The zero-order chi connectivity index (χ0) is 50.7. The van der Waals surface area contributed by atoms with Crippen molar-refractivity contribution in [3.8, 4) is 0 Å². The van der Waals surface area contributed by atoms with Crippen LogP contribution in [0.3, 0.4) is 0 Å². The van der Waals surface area contributed by atoms with Gasteiger partial charge >= 0.3 is 17.9 Å². The van der Waals surface area contributed by atoms with Crippen molar-refractivity contribution in [1.82, 2.24) is 0 Å². The molecule has 0 bridgehead atoms. The van der Waals surface area contributed by atoms with Gasteiger partial charge in [-0.2, -0.15) is 0 Å². The van der Waals surface area contributed by atoms with Crippen LogP contribution in [0, 0.1) is 0 Å². The fourth-order valence-electron chi connectivity index (χ4n) is 7.69. The van der Waals surface area contributed by atoms with Crippen molar-refractivity contribution in [2.45, 2.75) is 264 Å². The summed E-state index contributed by atoms with van der Waals surface area (Å²) in [7, 11) is 0. The molecule has 0 aliphatic heterocycles. The van der Waals surface area contributed by atoms with Crippen molar-refractivity contribution in [1.29, 1.82) is 0 Å². The van der Waals surface area contributed by atoms with Crippen LogP contribution in [0.1, 0.15) is 258 Å². The Morgan fingerprint density at radius 3 is 1.09 bits per heavy atom. The Kier molecular flexibility index (Phi) is 54.4. The van der Waals surface area contributed by atoms with E-state index in [4.69, 9.17) is 14.2 Å². The number of ether oxygens (including phenoxy) is 3. The topological polar surface area (TPSA) is 78.9 Å². The van der Waals surface area contributed by atoms with Crippen molar-refractivity contribution in [3.05, 3.63) is 109 Å². The van der Waals surface area contributed by atoms with Gasteiger partial charge in [0, 0.05) is 19.3 Å². The van der Waals surface area contributed by atoms with Gasteiger partial charge in [-0.3, -0.25) is 14.4 Å². The molecule has 1 atom stereocenters. The van der Waals surface area contributed by atoms with E-state index in [1.807, 2.05) is 6.08 Å². The maximum Gasteiger partial charge on any atom is 0.306 e. The van der Waals surface area contributed by atoms with Crippen LogP contribution in [0.5, 0.6) is 0 Å². The summed E-state index contributed by atoms with van der Waals surface area (Å²) in [5.41, 5.74) is 0. The highest BCUT2D eigenvalue weighted by molar-refractivity contribution is 5.71. The molecule has 6 heteroatoms. The Labute approximate surface area is 431 Å². The van der Waals surface area contributed by atoms with Crippen LogP contribution in [0.25, 0.3) is 0 Å². The van der Waals surface area contributed by atoms with Crippen LogP contribution in [0.2, 0.25) is 0 Å². The molecule has 0 amide bonds. The molecule has 0 saturated carbocycles. The summed E-state index contributed by atoms with van der Waals surface area (Å²) in [6.07, 6.45) is 78.0. The van der Waals surface area contributed by atoms with Gasteiger partial charge in [-0.05, 0) is 109 Å². The molecule has 0 aliphatic rings.